The first-order valence-corrected chi connectivity index (χ1v) is 6.96. The van der Waals surface area contributed by atoms with E-state index in [2.05, 4.69) is 5.32 Å². The minimum absolute atomic E-state index is 0.0252. The van der Waals surface area contributed by atoms with Crippen molar-refractivity contribution in [3.8, 4) is 0 Å². The molecule has 5 heteroatoms. The number of carboxylic acid groups (broad SMARTS) is 1. The molecule has 0 aliphatic carbocycles. The second-order valence-corrected chi connectivity index (χ2v) is 5.13. The number of nitrogens with zero attached hydrogens (tertiary/aromatic N) is 1. The minimum Gasteiger partial charge on any atom is -0.481 e. The van der Waals surface area contributed by atoms with Crippen molar-refractivity contribution in [3.05, 3.63) is 30.3 Å². The summed E-state index contributed by atoms with van der Waals surface area (Å²) >= 11 is 0. The van der Waals surface area contributed by atoms with E-state index in [1.165, 1.54) is 0 Å². The van der Waals surface area contributed by atoms with Crippen LogP contribution in [-0.4, -0.2) is 41.0 Å². The number of piperidine rings is 1. The molecule has 1 aromatic rings. The summed E-state index contributed by atoms with van der Waals surface area (Å²) in [5, 5.41) is 11.8. The number of rotatable bonds is 5. The fourth-order valence-electron chi connectivity index (χ4n) is 2.61. The number of anilines is 1. The summed E-state index contributed by atoms with van der Waals surface area (Å²) in [5.74, 6) is -0.890. The maximum absolute atomic E-state index is 12.0. The van der Waals surface area contributed by atoms with Gasteiger partial charge >= 0.3 is 5.97 Å². The lowest BCUT2D eigenvalue weighted by atomic mass is 9.99. The second kappa shape index (κ2) is 7.05. The van der Waals surface area contributed by atoms with Gasteiger partial charge in [-0.2, -0.15) is 0 Å². The van der Waals surface area contributed by atoms with E-state index in [-0.39, 0.29) is 24.9 Å². The van der Waals surface area contributed by atoms with Crippen molar-refractivity contribution < 1.29 is 14.7 Å². The lowest BCUT2D eigenvalue weighted by Crippen LogP contribution is -2.44. The Morgan fingerprint density at radius 1 is 1.25 bits per heavy atom. The van der Waals surface area contributed by atoms with Crippen molar-refractivity contribution in [1.29, 1.82) is 0 Å². The molecule has 1 aliphatic heterocycles. The Morgan fingerprint density at radius 2 is 2.00 bits per heavy atom. The highest BCUT2D eigenvalue weighted by molar-refractivity contribution is 5.92. The van der Waals surface area contributed by atoms with Gasteiger partial charge in [-0.05, 0) is 31.5 Å². The first-order chi connectivity index (χ1) is 9.65. The Morgan fingerprint density at radius 3 is 2.70 bits per heavy atom. The Kier molecular flexibility index (Phi) is 5.12. The third kappa shape index (κ3) is 4.35. The molecule has 1 saturated heterocycles. The lowest BCUT2D eigenvalue weighted by Gasteiger charge is -2.34. The number of aliphatic carboxylic acids is 1. The van der Waals surface area contributed by atoms with Gasteiger partial charge in [0.05, 0.1) is 13.0 Å². The average Bonchev–Trinajstić information content (AvgIpc) is 2.41. The zero-order chi connectivity index (χ0) is 14.4. The number of likely N-dealkylation sites (tertiary alicyclic amines) is 1. The van der Waals surface area contributed by atoms with Crippen LogP contribution < -0.4 is 5.32 Å². The molecule has 108 valence electrons. The van der Waals surface area contributed by atoms with Gasteiger partial charge in [-0.3, -0.25) is 14.5 Å². The SMILES string of the molecule is O=C(O)CC1CCCCN1CC(=O)Nc1ccccc1. The van der Waals surface area contributed by atoms with Crippen molar-refractivity contribution >= 4 is 17.6 Å². The molecule has 1 aromatic carbocycles. The molecule has 1 heterocycles. The number of nitrogens with one attached hydrogen (secondary N) is 1. The Balaban J connectivity index is 1.89. The summed E-state index contributed by atoms with van der Waals surface area (Å²) in [7, 11) is 0. The van der Waals surface area contributed by atoms with E-state index in [9.17, 15) is 9.59 Å². The molecule has 2 N–H and O–H groups in total. The van der Waals surface area contributed by atoms with Crippen molar-refractivity contribution in [2.24, 2.45) is 0 Å². The van der Waals surface area contributed by atoms with Crippen LogP contribution in [0.1, 0.15) is 25.7 Å². The van der Waals surface area contributed by atoms with Gasteiger partial charge in [0.1, 0.15) is 0 Å². The normalized spacial score (nSPS) is 19.5. The van der Waals surface area contributed by atoms with Crippen molar-refractivity contribution in [2.45, 2.75) is 31.7 Å². The third-order valence-corrected chi connectivity index (χ3v) is 3.56. The van der Waals surface area contributed by atoms with Crippen LogP contribution in [0.3, 0.4) is 0 Å². The summed E-state index contributed by atoms with van der Waals surface area (Å²) in [6.45, 7) is 1.05. The predicted octanol–water partition coefficient (Wildman–Crippen LogP) is 1.95. The Hall–Kier alpha value is -1.88. The van der Waals surface area contributed by atoms with Gasteiger partial charge in [0, 0.05) is 11.7 Å². The molecule has 0 aromatic heterocycles. The zero-order valence-corrected chi connectivity index (χ0v) is 11.4. The molecule has 1 unspecified atom stereocenters. The highest BCUT2D eigenvalue weighted by atomic mass is 16.4. The predicted molar refractivity (Wildman–Crippen MR) is 76.5 cm³/mol. The Labute approximate surface area is 118 Å². The number of carbonyl (C=O) groups excluding carboxylic acids is 1. The number of hydrogen-bond donors (Lipinski definition) is 2. The van der Waals surface area contributed by atoms with Crippen LogP contribution in [0.5, 0.6) is 0 Å². The zero-order valence-electron chi connectivity index (χ0n) is 11.4. The summed E-state index contributed by atoms with van der Waals surface area (Å²) in [4.78, 5) is 24.9. The van der Waals surface area contributed by atoms with Crippen molar-refractivity contribution in [1.82, 2.24) is 4.90 Å². The van der Waals surface area contributed by atoms with Crippen LogP contribution in [0.2, 0.25) is 0 Å². The molecular weight excluding hydrogens is 256 g/mol. The van der Waals surface area contributed by atoms with Crippen LogP contribution in [-0.2, 0) is 9.59 Å². The van der Waals surface area contributed by atoms with Gasteiger partial charge in [0.2, 0.25) is 5.91 Å². The van der Waals surface area contributed by atoms with E-state index in [4.69, 9.17) is 5.11 Å². The monoisotopic (exact) mass is 276 g/mol. The van der Waals surface area contributed by atoms with Crippen LogP contribution in [0.15, 0.2) is 30.3 Å². The number of para-hydroxylation sites is 1. The number of carbonyl (C=O) groups is 2. The summed E-state index contributed by atoms with van der Waals surface area (Å²) in [6.07, 6.45) is 3.02. The standard InChI is InChI=1S/C15H20N2O3/c18-14(16-12-6-2-1-3-7-12)11-17-9-5-4-8-13(17)10-15(19)20/h1-3,6-7,13H,4-5,8-11H2,(H,16,18)(H,19,20). The number of hydrogen-bond acceptors (Lipinski definition) is 3. The van der Waals surface area contributed by atoms with E-state index < -0.39 is 5.97 Å². The molecule has 1 amide bonds. The molecule has 1 fully saturated rings. The average molecular weight is 276 g/mol. The molecule has 0 spiro atoms. The molecule has 0 bridgehead atoms. The van der Waals surface area contributed by atoms with E-state index in [0.29, 0.717) is 0 Å². The topological polar surface area (TPSA) is 69.6 Å². The molecule has 0 saturated carbocycles. The summed E-state index contributed by atoms with van der Waals surface area (Å²) < 4.78 is 0. The summed E-state index contributed by atoms with van der Waals surface area (Å²) in [6, 6.07) is 9.27. The van der Waals surface area contributed by atoms with Gasteiger partial charge < -0.3 is 10.4 Å². The number of benzene rings is 1. The Bertz CT molecular complexity index is 461. The van der Waals surface area contributed by atoms with E-state index in [1.54, 1.807) is 0 Å². The number of amides is 1. The van der Waals surface area contributed by atoms with Gasteiger partial charge in [-0.15, -0.1) is 0 Å². The smallest absolute Gasteiger partial charge is 0.304 e. The van der Waals surface area contributed by atoms with E-state index in [1.807, 2.05) is 35.2 Å². The van der Waals surface area contributed by atoms with Gasteiger partial charge in [0.25, 0.3) is 0 Å². The molecule has 20 heavy (non-hydrogen) atoms. The summed E-state index contributed by atoms with van der Waals surface area (Å²) in [5.41, 5.74) is 0.768. The van der Waals surface area contributed by atoms with Gasteiger partial charge in [-0.1, -0.05) is 24.6 Å². The van der Waals surface area contributed by atoms with Crippen LogP contribution in [0.4, 0.5) is 5.69 Å². The van der Waals surface area contributed by atoms with Gasteiger partial charge in [0.15, 0.2) is 0 Å². The van der Waals surface area contributed by atoms with E-state index in [0.717, 1.165) is 31.5 Å². The molecule has 5 nitrogen and oxygen atoms in total. The first-order valence-electron chi connectivity index (χ1n) is 6.96. The van der Waals surface area contributed by atoms with Crippen LogP contribution in [0.25, 0.3) is 0 Å². The maximum atomic E-state index is 12.0. The van der Waals surface area contributed by atoms with Gasteiger partial charge in [-0.25, -0.2) is 0 Å². The van der Waals surface area contributed by atoms with Crippen molar-refractivity contribution in [3.63, 3.8) is 0 Å². The molecule has 0 radical (unpaired) electrons. The fourth-order valence-corrected chi connectivity index (χ4v) is 2.61. The fraction of sp³-hybridized carbons (Fsp3) is 0.467. The van der Waals surface area contributed by atoms with E-state index >= 15 is 0 Å². The molecular formula is C15H20N2O3. The highest BCUT2D eigenvalue weighted by Gasteiger charge is 2.26. The number of carboxylic acids is 1. The highest BCUT2D eigenvalue weighted by Crippen LogP contribution is 2.19. The molecule has 1 aliphatic rings. The third-order valence-electron chi connectivity index (χ3n) is 3.56. The molecule has 2 rings (SSSR count). The second-order valence-electron chi connectivity index (χ2n) is 5.13. The minimum atomic E-state index is -0.801. The lowest BCUT2D eigenvalue weighted by molar-refractivity contribution is -0.139. The van der Waals surface area contributed by atoms with Crippen molar-refractivity contribution in [2.75, 3.05) is 18.4 Å². The van der Waals surface area contributed by atoms with Crippen LogP contribution >= 0.6 is 0 Å². The quantitative estimate of drug-likeness (QED) is 0.862. The largest absolute Gasteiger partial charge is 0.481 e. The molecule has 1 atom stereocenters. The maximum Gasteiger partial charge on any atom is 0.304 e. The van der Waals surface area contributed by atoms with Crippen LogP contribution in [0, 0.1) is 0 Å². The first kappa shape index (κ1) is 14.5.